The average Bonchev–Trinajstić information content (AvgIpc) is 2.87. The molecule has 2 aromatic carbocycles. The van der Waals surface area contributed by atoms with Gasteiger partial charge in [-0.25, -0.2) is 0 Å². The summed E-state index contributed by atoms with van der Waals surface area (Å²) in [6, 6.07) is 10.9. The van der Waals surface area contributed by atoms with Crippen LogP contribution >= 0.6 is 0 Å². The zero-order valence-electron chi connectivity index (χ0n) is 19.7. The van der Waals surface area contributed by atoms with E-state index in [-0.39, 0.29) is 17.7 Å². The largest absolute Gasteiger partial charge is 0.493 e. The summed E-state index contributed by atoms with van der Waals surface area (Å²) in [7, 11) is 6.31. The molecule has 0 bridgehead atoms. The number of nitrogens with zero attached hydrogens (tertiary/aromatic N) is 1. The number of hydrogen-bond donors (Lipinski definition) is 1. The lowest BCUT2D eigenvalue weighted by Crippen LogP contribution is -2.43. The zero-order chi connectivity index (χ0) is 23.8. The van der Waals surface area contributed by atoms with E-state index in [1.165, 1.54) is 0 Å². The molecule has 1 heterocycles. The smallest absolute Gasteiger partial charge is 0.253 e. The quantitative estimate of drug-likeness (QED) is 0.625. The molecule has 1 fully saturated rings. The van der Waals surface area contributed by atoms with Gasteiger partial charge in [0.2, 0.25) is 5.91 Å². The fourth-order valence-corrected chi connectivity index (χ4v) is 4.01. The molecule has 1 aliphatic heterocycles. The first-order valence-electron chi connectivity index (χ1n) is 11.0. The van der Waals surface area contributed by atoms with Crippen LogP contribution in [0.15, 0.2) is 36.4 Å². The lowest BCUT2D eigenvalue weighted by Gasteiger charge is -2.31. The molecule has 0 unspecified atom stereocenters. The van der Waals surface area contributed by atoms with Crippen LogP contribution in [0.1, 0.15) is 28.8 Å². The van der Waals surface area contributed by atoms with E-state index in [0.717, 1.165) is 5.56 Å². The van der Waals surface area contributed by atoms with Gasteiger partial charge < -0.3 is 29.2 Å². The number of hydrogen-bond acceptors (Lipinski definition) is 6. The van der Waals surface area contributed by atoms with Crippen molar-refractivity contribution in [3.63, 3.8) is 0 Å². The Morgan fingerprint density at radius 1 is 0.848 bits per heavy atom. The molecule has 8 heteroatoms. The number of methoxy groups -OCH3 is 4. The molecule has 178 valence electrons. The van der Waals surface area contributed by atoms with E-state index >= 15 is 0 Å². The summed E-state index contributed by atoms with van der Waals surface area (Å²) in [4.78, 5) is 27.3. The monoisotopic (exact) mass is 456 g/mol. The van der Waals surface area contributed by atoms with Crippen LogP contribution in [0.3, 0.4) is 0 Å². The number of piperidine rings is 1. The van der Waals surface area contributed by atoms with Gasteiger partial charge in [-0.2, -0.15) is 0 Å². The molecule has 1 aliphatic rings. The molecule has 1 N–H and O–H groups in total. The molecule has 1 saturated heterocycles. The summed E-state index contributed by atoms with van der Waals surface area (Å²) in [6.07, 6.45) is 1.98. The summed E-state index contributed by atoms with van der Waals surface area (Å²) in [5.74, 6) is 2.33. The van der Waals surface area contributed by atoms with Crippen molar-refractivity contribution < 1.29 is 28.5 Å². The van der Waals surface area contributed by atoms with Gasteiger partial charge in [0.15, 0.2) is 23.0 Å². The normalized spacial score (nSPS) is 13.9. The Balaban J connectivity index is 1.47. The highest BCUT2D eigenvalue weighted by molar-refractivity contribution is 5.95. The highest BCUT2D eigenvalue weighted by Gasteiger charge is 2.28. The van der Waals surface area contributed by atoms with Crippen molar-refractivity contribution in [3.05, 3.63) is 47.5 Å². The molecule has 0 radical (unpaired) electrons. The van der Waals surface area contributed by atoms with Gasteiger partial charge in [0.1, 0.15) is 0 Å². The van der Waals surface area contributed by atoms with Gasteiger partial charge in [-0.15, -0.1) is 0 Å². The second kappa shape index (κ2) is 11.4. The van der Waals surface area contributed by atoms with Crippen molar-refractivity contribution in [2.24, 2.45) is 5.92 Å². The van der Waals surface area contributed by atoms with E-state index in [0.29, 0.717) is 67.5 Å². The number of benzene rings is 2. The first-order valence-corrected chi connectivity index (χ1v) is 11.0. The van der Waals surface area contributed by atoms with Gasteiger partial charge in [-0.3, -0.25) is 9.59 Å². The van der Waals surface area contributed by atoms with Gasteiger partial charge in [-0.05, 0) is 55.2 Å². The third kappa shape index (κ3) is 5.88. The minimum Gasteiger partial charge on any atom is -0.493 e. The fourth-order valence-electron chi connectivity index (χ4n) is 4.01. The van der Waals surface area contributed by atoms with E-state index in [2.05, 4.69) is 5.32 Å². The summed E-state index contributed by atoms with van der Waals surface area (Å²) in [6.45, 7) is 1.63. The maximum atomic E-state index is 12.9. The highest BCUT2D eigenvalue weighted by atomic mass is 16.5. The molecule has 0 spiro atoms. The molecule has 0 aromatic heterocycles. The van der Waals surface area contributed by atoms with Gasteiger partial charge in [-0.1, -0.05) is 6.07 Å². The van der Waals surface area contributed by atoms with Crippen LogP contribution in [0.4, 0.5) is 0 Å². The van der Waals surface area contributed by atoms with Gasteiger partial charge in [0, 0.05) is 31.1 Å². The lowest BCUT2D eigenvalue weighted by atomic mass is 9.95. The van der Waals surface area contributed by atoms with Crippen LogP contribution in [0.5, 0.6) is 23.0 Å². The second-order valence-corrected chi connectivity index (χ2v) is 7.87. The van der Waals surface area contributed by atoms with E-state index in [1.54, 1.807) is 51.5 Å². The van der Waals surface area contributed by atoms with E-state index in [1.807, 2.05) is 18.2 Å². The first kappa shape index (κ1) is 24.2. The zero-order valence-corrected chi connectivity index (χ0v) is 19.7. The molecular formula is C25H32N2O6. The minimum absolute atomic E-state index is 0.0358. The lowest BCUT2D eigenvalue weighted by molar-refractivity contribution is -0.126. The Kier molecular flexibility index (Phi) is 8.40. The van der Waals surface area contributed by atoms with E-state index in [9.17, 15) is 9.59 Å². The van der Waals surface area contributed by atoms with Crippen molar-refractivity contribution >= 4 is 11.8 Å². The SMILES string of the molecule is COc1ccc(CCNC(=O)C2CCN(C(=O)c3ccc(OC)c(OC)c3)CC2)cc1OC. The number of rotatable bonds is 9. The number of ether oxygens (including phenoxy) is 4. The number of likely N-dealkylation sites (tertiary alicyclic amines) is 1. The molecule has 2 aromatic rings. The van der Waals surface area contributed by atoms with Crippen LogP contribution in [0.25, 0.3) is 0 Å². The predicted octanol–water partition coefficient (Wildman–Crippen LogP) is 2.93. The summed E-state index contributed by atoms with van der Waals surface area (Å²) >= 11 is 0. The third-order valence-electron chi connectivity index (χ3n) is 5.94. The van der Waals surface area contributed by atoms with E-state index in [4.69, 9.17) is 18.9 Å². The molecule has 33 heavy (non-hydrogen) atoms. The third-order valence-corrected chi connectivity index (χ3v) is 5.94. The highest BCUT2D eigenvalue weighted by Crippen LogP contribution is 2.29. The molecule has 3 rings (SSSR count). The molecule has 0 saturated carbocycles. The van der Waals surface area contributed by atoms with Crippen LogP contribution < -0.4 is 24.3 Å². The Labute approximate surface area is 194 Å². The average molecular weight is 457 g/mol. The Morgan fingerprint density at radius 2 is 1.42 bits per heavy atom. The van der Waals surface area contributed by atoms with Crippen molar-refractivity contribution in [2.45, 2.75) is 19.3 Å². The predicted molar refractivity (Wildman–Crippen MR) is 124 cm³/mol. The standard InChI is InChI=1S/C25H32N2O6/c1-30-20-7-5-17(15-22(20)32-3)9-12-26-24(28)18-10-13-27(14-11-18)25(29)19-6-8-21(31-2)23(16-19)33-4/h5-8,15-16,18H,9-14H2,1-4H3,(H,26,28). The first-order chi connectivity index (χ1) is 16.0. The number of nitrogens with one attached hydrogen (secondary N) is 1. The second-order valence-electron chi connectivity index (χ2n) is 7.87. The van der Waals surface area contributed by atoms with Crippen LogP contribution in [-0.2, 0) is 11.2 Å². The molecule has 0 aliphatic carbocycles. The summed E-state index contributed by atoms with van der Waals surface area (Å²) < 4.78 is 21.1. The Morgan fingerprint density at radius 3 is 2.03 bits per heavy atom. The van der Waals surface area contributed by atoms with Crippen molar-refractivity contribution in [1.82, 2.24) is 10.2 Å². The molecule has 2 amide bonds. The van der Waals surface area contributed by atoms with Crippen molar-refractivity contribution in [3.8, 4) is 23.0 Å². The van der Waals surface area contributed by atoms with Crippen LogP contribution in [-0.4, -0.2) is 64.8 Å². The van der Waals surface area contributed by atoms with Crippen molar-refractivity contribution in [2.75, 3.05) is 48.1 Å². The summed E-state index contributed by atoms with van der Waals surface area (Å²) in [5, 5.41) is 3.03. The number of carbonyl (C=O) groups is 2. The number of carbonyl (C=O) groups excluding carboxylic acids is 2. The number of amides is 2. The van der Waals surface area contributed by atoms with Crippen LogP contribution in [0, 0.1) is 5.92 Å². The van der Waals surface area contributed by atoms with Crippen molar-refractivity contribution in [1.29, 1.82) is 0 Å². The Hall–Kier alpha value is -3.42. The van der Waals surface area contributed by atoms with Gasteiger partial charge in [0.05, 0.1) is 28.4 Å². The Bertz CT molecular complexity index is 969. The minimum atomic E-state index is -0.0927. The maximum Gasteiger partial charge on any atom is 0.253 e. The van der Waals surface area contributed by atoms with Crippen LogP contribution in [0.2, 0.25) is 0 Å². The molecule has 8 nitrogen and oxygen atoms in total. The maximum absolute atomic E-state index is 12.9. The molecule has 0 atom stereocenters. The topological polar surface area (TPSA) is 86.3 Å². The van der Waals surface area contributed by atoms with E-state index < -0.39 is 0 Å². The molecular weight excluding hydrogens is 424 g/mol. The fraction of sp³-hybridized carbons (Fsp3) is 0.440. The summed E-state index contributed by atoms with van der Waals surface area (Å²) in [5.41, 5.74) is 1.61. The van der Waals surface area contributed by atoms with Gasteiger partial charge in [0.25, 0.3) is 5.91 Å². The van der Waals surface area contributed by atoms with Gasteiger partial charge >= 0.3 is 0 Å².